The molecule has 1 atom stereocenters. The number of carbonyl (C=O) groups excluding carboxylic acids is 4. The molecule has 0 unspecified atom stereocenters. The molecule has 2 aliphatic heterocycles. The van der Waals surface area contributed by atoms with E-state index in [0.29, 0.717) is 23.3 Å². The first kappa shape index (κ1) is 24.8. The molecule has 37 heavy (non-hydrogen) atoms. The van der Waals surface area contributed by atoms with Gasteiger partial charge in [0.2, 0.25) is 17.6 Å². The molecule has 0 radical (unpaired) electrons. The van der Waals surface area contributed by atoms with Crippen LogP contribution in [0.2, 0.25) is 0 Å². The summed E-state index contributed by atoms with van der Waals surface area (Å²) in [5.41, 5.74) is -2.23. The summed E-state index contributed by atoms with van der Waals surface area (Å²) in [6, 6.07) is 4.06. The fraction of sp³-hybridized carbons (Fsp3) is 0.360. The zero-order chi connectivity index (χ0) is 28.0. The number of aryl methyl sites for hydroxylation is 1. The summed E-state index contributed by atoms with van der Waals surface area (Å²) in [4.78, 5) is 50.0. The van der Waals surface area contributed by atoms with Gasteiger partial charge in [0.1, 0.15) is 11.8 Å². The molecule has 1 N–H and O–H groups in total. The van der Waals surface area contributed by atoms with Crippen LogP contribution in [0.25, 0.3) is 0 Å². The summed E-state index contributed by atoms with van der Waals surface area (Å²) in [6.07, 6.45) is -6.52. The summed E-state index contributed by atoms with van der Waals surface area (Å²) in [7, 11) is 1.08. The van der Waals surface area contributed by atoms with Gasteiger partial charge < -0.3 is 9.64 Å². The Balaban J connectivity index is 1.50. The Kier molecular flexibility index (Phi) is 6.42. The highest BCUT2D eigenvalue weighted by atomic mass is 19.4. The number of ether oxygens (including phenoxy) is 1. The maximum absolute atomic E-state index is 14.9. The molecule has 0 aromatic heterocycles. The maximum Gasteiger partial charge on any atom is 0.417 e. The Morgan fingerprint density at radius 3 is 2.49 bits per heavy atom. The number of alkyl halides is 5. The van der Waals surface area contributed by atoms with Crippen LogP contribution in [-0.2, 0) is 39.4 Å². The van der Waals surface area contributed by atoms with Crippen LogP contribution in [-0.4, -0.2) is 41.5 Å². The van der Waals surface area contributed by atoms with Gasteiger partial charge in [-0.2, -0.15) is 22.0 Å². The van der Waals surface area contributed by atoms with E-state index in [1.54, 1.807) is 0 Å². The highest BCUT2D eigenvalue weighted by molar-refractivity contribution is 6.05. The van der Waals surface area contributed by atoms with Crippen LogP contribution in [0.4, 0.5) is 22.0 Å². The number of piperidine rings is 1. The minimum Gasteiger partial charge on any atom is -0.497 e. The average Bonchev–Trinajstić information content (AvgIpc) is 3.20. The van der Waals surface area contributed by atoms with Crippen molar-refractivity contribution in [1.29, 1.82) is 0 Å². The number of rotatable bonds is 7. The molecule has 0 saturated carbocycles. The van der Waals surface area contributed by atoms with Crippen LogP contribution in [0, 0.1) is 0 Å². The molecule has 0 bridgehead atoms. The van der Waals surface area contributed by atoms with E-state index in [1.807, 2.05) is 5.32 Å². The Morgan fingerprint density at radius 2 is 1.84 bits per heavy atom. The fourth-order valence-corrected chi connectivity index (χ4v) is 4.34. The first-order chi connectivity index (χ1) is 17.7. The monoisotopic (exact) mass is 525 g/mol. The van der Waals surface area contributed by atoms with Crippen molar-refractivity contribution in [3.8, 4) is 5.75 Å². The van der Waals surface area contributed by atoms with E-state index >= 15 is 0 Å². The molecule has 2 aromatic carbocycles. The molecule has 7 nitrogen and oxygen atoms in total. The fourth-order valence-electron chi connectivity index (χ4n) is 4.34. The second-order valence-corrected chi connectivity index (χ2v) is 8.61. The molecule has 1 saturated heterocycles. The van der Waals surface area contributed by atoms with Gasteiger partial charge >= 0.3 is 12.1 Å². The number of ketones is 1. The van der Waals surface area contributed by atoms with E-state index < -0.39 is 59.2 Å². The second kappa shape index (κ2) is 9.56. The highest BCUT2D eigenvalue weighted by Gasteiger charge is 2.47. The van der Waals surface area contributed by atoms with E-state index in [9.17, 15) is 41.1 Å². The minimum absolute atomic E-state index is 0.124. The normalized spacial score (nSPS) is 20.4. The van der Waals surface area contributed by atoms with Crippen molar-refractivity contribution in [2.45, 2.75) is 50.3 Å². The molecule has 0 spiro atoms. The largest absolute Gasteiger partial charge is 0.497 e. The number of halogens is 5. The molecule has 0 aliphatic carbocycles. The summed E-state index contributed by atoms with van der Waals surface area (Å²) in [5.74, 6) is -8.54. The van der Waals surface area contributed by atoms with Gasteiger partial charge in [0.05, 0.1) is 14.0 Å². The molecule has 2 aromatic rings. The van der Waals surface area contributed by atoms with Crippen LogP contribution < -0.4 is 10.1 Å². The van der Waals surface area contributed by atoms with Crippen molar-refractivity contribution < 1.29 is 47.2 Å². The number of nitrogens with one attached hydrogen (secondary N) is 1. The number of fused-ring (bicyclic) bond motifs is 1. The van der Waals surface area contributed by atoms with Crippen LogP contribution in [0.5, 0.6) is 5.75 Å². The van der Waals surface area contributed by atoms with Crippen molar-refractivity contribution >= 4 is 23.5 Å². The van der Waals surface area contributed by atoms with Gasteiger partial charge in [-0.1, -0.05) is 12.1 Å². The Morgan fingerprint density at radius 1 is 1.11 bits per heavy atom. The topological polar surface area (TPSA) is 92.8 Å². The van der Waals surface area contributed by atoms with Crippen LogP contribution in [0.15, 0.2) is 36.4 Å². The van der Waals surface area contributed by atoms with Crippen molar-refractivity contribution in [1.82, 2.24) is 10.2 Å². The number of imide groups is 1. The van der Waals surface area contributed by atoms with Gasteiger partial charge in [0, 0.05) is 30.5 Å². The summed E-state index contributed by atoms with van der Waals surface area (Å²) < 4.78 is 83.2. The third-order valence-electron chi connectivity index (χ3n) is 6.26. The second-order valence-electron chi connectivity index (χ2n) is 8.61. The summed E-state index contributed by atoms with van der Waals surface area (Å²) in [5, 5.41) is 2.04. The predicted octanol–water partition coefficient (Wildman–Crippen LogP) is 3.77. The van der Waals surface area contributed by atoms with E-state index in [1.165, 1.54) is 18.2 Å². The number of amides is 3. The van der Waals surface area contributed by atoms with Gasteiger partial charge in [-0.05, 0) is 48.2 Å². The van der Waals surface area contributed by atoms with E-state index in [0.717, 1.165) is 18.1 Å². The standard InChI is InChI=1S/C25H21F5N2O5/c1-37-15-4-6-17(18(11-15)25(28,29)30)24(26,27)20(33)8-3-13-2-5-16-14(10-13)12-32(23(16)36)19-7-9-21(34)31-22(19)35/h2,4-6,10-11,19H,3,7-9,12H2,1H3,(H,31,34,35)/t19-/m0/s1/i19D. The van der Waals surface area contributed by atoms with Crippen molar-refractivity contribution in [3.63, 3.8) is 0 Å². The van der Waals surface area contributed by atoms with Crippen LogP contribution in [0.3, 0.4) is 0 Å². The number of hydrogen-bond donors (Lipinski definition) is 1. The molecule has 12 heteroatoms. The zero-order valence-electron chi connectivity index (χ0n) is 20.4. The lowest BCUT2D eigenvalue weighted by Gasteiger charge is -2.29. The van der Waals surface area contributed by atoms with Crippen molar-refractivity contribution in [3.05, 3.63) is 64.2 Å². The average molecular weight is 525 g/mol. The first-order valence-electron chi connectivity index (χ1n) is 11.6. The highest BCUT2D eigenvalue weighted by Crippen LogP contribution is 2.42. The SMILES string of the molecule is [2H][C@]1(N2Cc3cc(CCC(=O)C(F)(F)c4ccc(OC)cc4C(F)(F)F)ccc3C2=O)CCC(=O)NC1=O. The quantitative estimate of drug-likeness (QED) is 0.439. The smallest absolute Gasteiger partial charge is 0.417 e. The van der Waals surface area contributed by atoms with Crippen molar-refractivity contribution in [2.24, 2.45) is 0 Å². The maximum atomic E-state index is 14.9. The first-order valence-corrected chi connectivity index (χ1v) is 11.1. The van der Waals surface area contributed by atoms with Crippen LogP contribution >= 0.6 is 0 Å². The number of hydrogen-bond acceptors (Lipinski definition) is 5. The van der Waals surface area contributed by atoms with E-state index in [4.69, 9.17) is 1.37 Å². The molecule has 196 valence electrons. The third-order valence-corrected chi connectivity index (χ3v) is 6.26. The molecular formula is C25H21F5N2O5. The van der Waals surface area contributed by atoms with Crippen molar-refractivity contribution in [2.75, 3.05) is 7.11 Å². The predicted molar refractivity (Wildman–Crippen MR) is 118 cm³/mol. The number of methoxy groups -OCH3 is 1. The third kappa shape index (κ3) is 5.05. The number of Topliss-reactive ketones (excluding diaryl/α,β-unsaturated/α-hetero) is 1. The lowest BCUT2D eigenvalue weighted by Crippen LogP contribution is -2.52. The van der Waals surface area contributed by atoms with Gasteiger partial charge in [0.15, 0.2) is 0 Å². The van der Waals surface area contributed by atoms with Gasteiger partial charge in [0.25, 0.3) is 5.91 Å². The Hall–Kier alpha value is -3.83. The Bertz CT molecular complexity index is 1350. The lowest BCUT2D eigenvalue weighted by atomic mass is 9.94. The van der Waals surface area contributed by atoms with Gasteiger partial charge in [-0.25, -0.2) is 0 Å². The van der Waals surface area contributed by atoms with E-state index in [2.05, 4.69) is 4.74 Å². The molecule has 4 rings (SSSR count). The number of nitrogens with zero attached hydrogens (tertiary/aromatic N) is 1. The zero-order valence-corrected chi connectivity index (χ0v) is 19.4. The lowest BCUT2D eigenvalue weighted by molar-refractivity contribution is -0.151. The molecular weight excluding hydrogens is 503 g/mol. The molecule has 2 aliphatic rings. The van der Waals surface area contributed by atoms with E-state index in [-0.39, 0.29) is 37.1 Å². The summed E-state index contributed by atoms with van der Waals surface area (Å²) in [6.45, 7) is -0.155. The number of benzene rings is 2. The molecule has 3 amide bonds. The molecule has 2 heterocycles. The summed E-state index contributed by atoms with van der Waals surface area (Å²) >= 11 is 0. The Labute approximate surface area is 209 Å². The van der Waals surface area contributed by atoms with Gasteiger partial charge in [-0.15, -0.1) is 0 Å². The molecule has 1 fully saturated rings. The van der Waals surface area contributed by atoms with Gasteiger partial charge in [-0.3, -0.25) is 24.5 Å². The number of carbonyl (C=O) groups is 4. The van der Waals surface area contributed by atoms with Crippen LogP contribution in [0.1, 0.15) is 53.2 Å². The minimum atomic E-state index is -5.15.